The number of hydrogen-bond donors (Lipinski definition) is 1. The molecule has 1 N–H and O–H groups in total. The fraction of sp³-hybridized carbons (Fsp3) is 0.357. The maximum atomic E-state index is 12.8. The predicted molar refractivity (Wildman–Crippen MR) is 71.4 cm³/mol. The Morgan fingerprint density at radius 2 is 2.00 bits per heavy atom. The number of aryl methyl sites for hydroxylation is 2. The Kier molecular flexibility index (Phi) is 4.01. The van der Waals surface area contributed by atoms with Gasteiger partial charge < -0.3 is 5.32 Å². The standard InChI is InChI=1S/C14H16F3N3/c1-3-20-13(14(15,16)17)8-12(19-20)9-18-11-6-4-5-10(2)7-11/h4-8,18H,3,9H2,1-2H3. The van der Waals surface area contributed by atoms with E-state index in [0.717, 1.165) is 22.0 Å². The molecule has 0 fully saturated rings. The van der Waals surface area contributed by atoms with Gasteiger partial charge >= 0.3 is 6.18 Å². The Balaban J connectivity index is 2.12. The maximum Gasteiger partial charge on any atom is 0.433 e. The number of alkyl halides is 3. The van der Waals surface area contributed by atoms with Crippen LogP contribution in [0.4, 0.5) is 18.9 Å². The van der Waals surface area contributed by atoms with E-state index in [1.165, 1.54) is 0 Å². The molecule has 0 saturated carbocycles. The molecule has 2 aromatic rings. The molecular formula is C14H16F3N3. The number of nitrogens with zero attached hydrogens (tertiary/aromatic N) is 2. The van der Waals surface area contributed by atoms with Crippen molar-refractivity contribution >= 4 is 5.69 Å². The van der Waals surface area contributed by atoms with Crippen LogP contribution in [0.1, 0.15) is 23.9 Å². The molecule has 0 radical (unpaired) electrons. The Morgan fingerprint density at radius 3 is 2.55 bits per heavy atom. The third kappa shape index (κ3) is 3.31. The van der Waals surface area contributed by atoms with Gasteiger partial charge in [0.1, 0.15) is 5.69 Å². The summed E-state index contributed by atoms with van der Waals surface area (Å²) in [5.41, 5.74) is 1.62. The van der Waals surface area contributed by atoms with E-state index in [2.05, 4.69) is 10.4 Å². The summed E-state index contributed by atoms with van der Waals surface area (Å²) in [5, 5.41) is 7.04. The summed E-state index contributed by atoms with van der Waals surface area (Å²) in [6.07, 6.45) is -4.37. The highest BCUT2D eigenvalue weighted by molar-refractivity contribution is 5.45. The lowest BCUT2D eigenvalue weighted by atomic mass is 10.2. The SMILES string of the molecule is CCn1nc(CNc2cccc(C)c2)cc1C(F)(F)F. The van der Waals surface area contributed by atoms with Crippen LogP contribution in [-0.2, 0) is 19.3 Å². The number of rotatable bonds is 4. The van der Waals surface area contributed by atoms with Gasteiger partial charge in [0.25, 0.3) is 0 Å². The Hall–Kier alpha value is -1.98. The van der Waals surface area contributed by atoms with Crippen LogP contribution in [0.25, 0.3) is 0 Å². The zero-order chi connectivity index (χ0) is 14.8. The van der Waals surface area contributed by atoms with E-state index in [4.69, 9.17) is 0 Å². The minimum atomic E-state index is -4.37. The van der Waals surface area contributed by atoms with Gasteiger partial charge in [-0.2, -0.15) is 18.3 Å². The first-order valence-corrected chi connectivity index (χ1v) is 6.34. The molecule has 3 nitrogen and oxygen atoms in total. The van der Waals surface area contributed by atoms with Gasteiger partial charge in [-0.05, 0) is 37.6 Å². The predicted octanol–water partition coefficient (Wildman–Crippen LogP) is 3.84. The summed E-state index contributed by atoms with van der Waals surface area (Å²) in [5.74, 6) is 0. The summed E-state index contributed by atoms with van der Waals surface area (Å²) in [6, 6.07) is 8.74. The highest BCUT2D eigenvalue weighted by Crippen LogP contribution is 2.29. The van der Waals surface area contributed by atoms with Crippen LogP contribution in [-0.4, -0.2) is 9.78 Å². The van der Waals surface area contributed by atoms with E-state index in [0.29, 0.717) is 5.69 Å². The summed E-state index contributed by atoms with van der Waals surface area (Å²) in [7, 11) is 0. The van der Waals surface area contributed by atoms with Crippen LogP contribution >= 0.6 is 0 Å². The molecule has 2 rings (SSSR count). The molecule has 0 amide bonds. The highest BCUT2D eigenvalue weighted by atomic mass is 19.4. The summed E-state index contributed by atoms with van der Waals surface area (Å²) < 4.78 is 39.3. The molecule has 1 aromatic carbocycles. The van der Waals surface area contributed by atoms with Gasteiger partial charge in [0.15, 0.2) is 0 Å². The number of halogens is 3. The average molecular weight is 283 g/mol. The molecule has 1 aromatic heterocycles. The molecule has 0 atom stereocenters. The number of anilines is 1. The Morgan fingerprint density at radius 1 is 1.25 bits per heavy atom. The van der Waals surface area contributed by atoms with Gasteiger partial charge in [-0.1, -0.05) is 12.1 Å². The van der Waals surface area contributed by atoms with Crippen molar-refractivity contribution < 1.29 is 13.2 Å². The Bertz CT molecular complexity index is 588. The van der Waals surface area contributed by atoms with Crippen LogP contribution in [0.2, 0.25) is 0 Å². The van der Waals surface area contributed by atoms with Gasteiger partial charge in [0, 0.05) is 12.2 Å². The van der Waals surface area contributed by atoms with Crippen LogP contribution in [0.15, 0.2) is 30.3 Å². The molecule has 0 aliphatic carbocycles. The van der Waals surface area contributed by atoms with Crippen LogP contribution in [0.3, 0.4) is 0 Å². The van der Waals surface area contributed by atoms with Crippen molar-refractivity contribution in [3.05, 3.63) is 47.3 Å². The lowest BCUT2D eigenvalue weighted by molar-refractivity contribution is -0.144. The number of aromatic nitrogens is 2. The van der Waals surface area contributed by atoms with Crippen molar-refractivity contribution in [3.63, 3.8) is 0 Å². The smallest absolute Gasteiger partial charge is 0.379 e. The third-order valence-electron chi connectivity index (χ3n) is 2.91. The van der Waals surface area contributed by atoms with E-state index < -0.39 is 11.9 Å². The second-order valence-corrected chi connectivity index (χ2v) is 4.56. The fourth-order valence-electron chi connectivity index (χ4n) is 1.97. The number of hydrogen-bond acceptors (Lipinski definition) is 2. The molecule has 1 heterocycles. The Labute approximate surface area is 115 Å². The second-order valence-electron chi connectivity index (χ2n) is 4.56. The molecule has 0 aliphatic heterocycles. The van der Waals surface area contributed by atoms with E-state index in [1.54, 1.807) is 6.92 Å². The summed E-state index contributed by atoms with van der Waals surface area (Å²) in [6.45, 7) is 4.05. The number of benzene rings is 1. The molecule has 0 saturated heterocycles. The van der Waals surface area contributed by atoms with Crippen LogP contribution in [0.5, 0.6) is 0 Å². The molecule has 6 heteroatoms. The van der Waals surface area contributed by atoms with Crippen molar-refractivity contribution in [1.29, 1.82) is 0 Å². The van der Waals surface area contributed by atoms with Crippen LogP contribution < -0.4 is 5.32 Å². The monoisotopic (exact) mass is 283 g/mol. The van der Waals surface area contributed by atoms with Crippen LogP contribution in [0, 0.1) is 6.92 Å². The van der Waals surface area contributed by atoms with E-state index in [-0.39, 0.29) is 13.1 Å². The first-order valence-electron chi connectivity index (χ1n) is 6.34. The molecule has 20 heavy (non-hydrogen) atoms. The first kappa shape index (κ1) is 14.4. The normalized spacial score (nSPS) is 11.7. The van der Waals surface area contributed by atoms with Crippen molar-refractivity contribution in [2.75, 3.05) is 5.32 Å². The van der Waals surface area contributed by atoms with Gasteiger partial charge in [-0.3, -0.25) is 4.68 Å². The lowest BCUT2D eigenvalue weighted by Crippen LogP contribution is -2.13. The van der Waals surface area contributed by atoms with Crippen molar-refractivity contribution in [3.8, 4) is 0 Å². The van der Waals surface area contributed by atoms with E-state index >= 15 is 0 Å². The zero-order valence-electron chi connectivity index (χ0n) is 11.3. The minimum absolute atomic E-state index is 0.194. The molecule has 108 valence electrons. The topological polar surface area (TPSA) is 29.9 Å². The largest absolute Gasteiger partial charge is 0.433 e. The van der Waals surface area contributed by atoms with Crippen molar-refractivity contribution in [2.45, 2.75) is 33.1 Å². The average Bonchev–Trinajstić information content (AvgIpc) is 2.80. The minimum Gasteiger partial charge on any atom is -0.379 e. The second kappa shape index (κ2) is 5.56. The first-order chi connectivity index (χ1) is 9.40. The van der Waals surface area contributed by atoms with Gasteiger partial charge in [-0.15, -0.1) is 0 Å². The molecule has 0 unspecified atom stereocenters. The molecule has 0 spiro atoms. The maximum absolute atomic E-state index is 12.8. The van der Waals surface area contributed by atoms with Gasteiger partial charge in [0.05, 0.1) is 12.2 Å². The van der Waals surface area contributed by atoms with Crippen molar-refractivity contribution in [2.24, 2.45) is 0 Å². The quantitative estimate of drug-likeness (QED) is 0.923. The van der Waals surface area contributed by atoms with Crippen molar-refractivity contribution in [1.82, 2.24) is 9.78 Å². The zero-order valence-corrected chi connectivity index (χ0v) is 11.3. The molecule has 0 aliphatic rings. The summed E-state index contributed by atoms with van der Waals surface area (Å²) >= 11 is 0. The molecule has 0 bridgehead atoms. The van der Waals surface area contributed by atoms with Gasteiger partial charge in [-0.25, -0.2) is 0 Å². The highest BCUT2D eigenvalue weighted by Gasteiger charge is 2.35. The summed E-state index contributed by atoms with van der Waals surface area (Å²) in [4.78, 5) is 0. The van der Waals surface area contributed by atoms with E-state index in [1.807, 2.05) is 31.2 Å². The third-order valence-corrected chi connectivity index (χ3v) is 2.91. The lowest BCUT2D eigenvalue weighted by Gasteiger charge is -2.07. The van der Waals surface area contributed by atoms with Gasteiger partial charge in [0.2, 0.25) is 0 Å². The fourth-order valence-corrected chi connectivity index (χ4v) is 1.97. The number of nitrogens with one attached hydrogen (secondary N) is 1. The van der Waals surface area contributed by atoms with E-state index in [9.17, 15) is 13.2 Å². The molecular weight excluding hydrogens is 267 g/mol.